The number of thiophene rings is 1. The number of aliphatic carboxylic acids is 1. The van der Waals surface area contributed by atoms with E-state index in [0.29, 0.717) is 18.7 Å². The van der Waals surface area contributed by atoms with Crippen LogP contribution >= 0.6 is 11.3 Å². The van der Waals surface area contributed by atoms with Crippen molar-refractivity contribution in [2.75, 3.05) is 39.5 Å². The molecule has 3 heterocycles. The van der Waals surface area contributed by atoms with Crippen molar-refractivity contribution in [3.05, 3.63) is 22.4 Å². The molecule has 8 nitrogen and oxygen atoms in total. The van der Waals surface area contributed by atoms with Crippen LogP contribution in [0.5, 0.6) is 0 Å². The summed E-state index contributed by atoms with van der Waals surface area (Å²) in [5.41, 5.74) is 0.716. The second-order valence-corrected chi connectivity index (χ2v) is 10.8. The van der Waals surface area contributed by atoms with Gasteiger partial charge >= 0.3 is 12.1 Å². The summed E-state index contributed by atoms with van der Waals surface area (Å²) in [5.74, 6) is -2.73. The number of nitrogens with zero attached hydrogens (tertiary/aromatic N) is 2. The molecule has 2 fully saturated rings. The highest BCUT2D eigenvalue weighted by molar-refractivity contribution is 7.88. The summed E-state index contributed by atoms with van der Waals surface area (Å²) < 4.78 is 57.8. The fourth-order valence-electron chi connectivity index (χ4n) is 4.25. The highest BCUT2D eigenvalue weighted by Crippen LogP contribution is 2.44. The number of hydrogen-bond donors (Lipinski definition) is 2. The predicted octanol–water partition coefficient (Wildman–Crippen LogP) is 2.25. The van der Waals surface area contributed by atoms with E-state index in [-0.39, 0.29) is 17.4 Å². The van der Waals surface area contributed by atoms with E-state index < -0.39 is 22.2 Å². The van der Waals surface area contributed by atoms with Crippen LogP contribution in [0.4, 0.5) is 13.2 Å². The molecule has 2 saturated heterocycles. The molecule has 0 radical (unpaired) electrons. The molecule has 2 N–H and O–H groups in total. The van der Waals surface area contributed by atoms with Crippen LogP contribution in [-0.2, 0) is 14.8 Å². The van der Waals surface area contributed by atoms with E-state index in [4.69, 9.17) is 9.90 Å². The van der Waals surface area contributed by atoms with Gasteiger partial charge in [-0.1, -0.05) is 0 Å². The van der Waals surface area contributed by atoms with Gasteiger partial charge in [0.25, 0.3) is 5.91 Å². The standard InChI is InChI=1S/C17H27N3O3S2.C2HF3O2/c1-19-9-6-17(7-10-19)5-3-8-20(15(17)12-18-25(2,22)23)16(21)14-4-11-24-13-14;3-2(4,5)1(6)7/h4,11,13,15,18H,3,5-10,12H2,1-2H3;(H,6,7). The molecule has 1 aromatic rings. The molecular weight excluding hydrogens is 471 g/mol. The molecule has 1 spiro atoms. The number of carboxylic acid groups (broad SMARTS) is 1. The second-order valence-electron chi connectivity index (χ2n) is 8.22. The minimum Gasteiger partial charge on any atom is -0.475 e. The lowest BCUT2D eigenvalue weighted by Gasteiger charge is -2.53. The van der Waals surface area contributed by atoms with Gasteiger partial charge in [-0.3, -0.25) is 4.79 Å². The van der Waals surface area contributed by atoms with E-state index in [1.807, 2.05) is 21.7 Å². The van der Waals surface area contributed by atoms with Crippen molar-refractivity contribution < 1.29 is 36.3 Å². The normalized spacial score (nSPS) is 21.7. The SMILES string of the molecule is CN1CCC2(CCCN(C(=O)c3ccsc3)C2CNS(C)(=O)=O)CC1.O=C(O)C(F)(F)F. The Morgan fingerprint density at radius 3 is 2.31 bits per heavy atom. The van der Waals surface area contributed by atoms with Gasteiger partial charge < -0.3 is 14.9 Å². The van der Waals surface area contributed by atoms with Gasteiger partial charge in [-0.2, -0.15) is 24.5 Å². The number of hydrogen-bond acceptors (Lipinski definition) is 6. The van der Waals surface area contributed by atoms with Crippen LogP contribution in [-0.4, -0.2) is 86.9 Å². The van der Waals surface area contributed by atoms with E-state index >= 15 is 0 Å². The van der Waals surface area contributed by atoms with Crippen LogP contribution in [0.3, 0.4) is 0 Å². The molecule has 0 bridgehead atoms. The number of carboxylic acids is 1. The number of carbonyl (C=O) groups is 2. The van der Waals surface area contributed by atoms with Crippen molar-refractivity contribution in [1.82, 2.24) is 14.5 Å². The Kier molecular flexibility index (Phi) is 8.70. The van der Waals surface area contributed by atoms with Crippen molar-refractivity contribution >= 4 is 33.2 Å². The number of amides is 1. The topological polar surface area (TPSA) is 107 Å². The fourth-order valence-corrected chi connectivity index (χ4v) is 5.34. The number of halogens is 3. The molecule has 1 amide bonds. The van der Waals surface area contributed by atoms with Crippen LogP contribution in [0.15, 0.2) is 16.8 Å². The minimum absolute atomic E-state index is 0.00807. The zero-order valence-corrected chi connectivity index (χ0v) is 19.5. The maximum absolute atomic E-state index is 13.0. The molecule has 32 heavy (non-hydrogen) atoms. The highest BCUT2D eigenvalue weighted by atomic mass is 32.2. The second kappa shape index (κ2) is 10.5. The number of piperidine rings is 2. The first-order valence-electron chi connectivity index (χ1n) is 10.0. The molecule has 182 valence electrons. The Balaban J connectivity index is 0.000000451. The Morgan fingerprint density at radius 2 is 1.84 bits per heavy atom. The molecule has 1 unspecified atom stereocenters. The summed E-state index contributed by atoms with van der Waals surface area (Å²) in [6.07, 6.45) is 0.154. The zero-order valence-electron chi connectivity index (χ0n) is 17.9. The van der Waals surface area contributed by atoms with Gasteiger partial charge in [-0.05, 0) is 62.7 Å². The van der Waals surface area contributed by atoms with Crippen molar-refractivity contribution in [3.8, 4) is 0 Å². The Hall–Kier alpha value is -1.70. The first-order valence-corrected chi connectivity index (χ1v) is 12.8. The van der Waals surface area contributed by atoms with Gasteiger partial charge in [0.2, 0.25) is 10.0 Å². The Morgan fingerprint density at radius 1 is 1.25 bits per heavy atom. The maximum Gasteiger partial charge on any atom is 0.490 e. The van der Waals surface area contributed by atoms with Gasteiger partial charge in [0.15, 0.2) is 0 Å². The van der Waals surface area contributed by atoms with Crippen LogP contribution in [0.25, 0.3) is 0 Å². The monoisotopic (exact) mass is 499 g/mol. The van der Waals surface area contributed by atoms with Gasteiger partial charge in [-0.25, -0.2) is 17.9 Å². The summed E-state index contributed by atoms with van der Waals surface area (Å²) in [4.78, 5) is 26.2. The number of sulfonamides is 1. The molecular formula is C19H28F3N3O5S2. The molecule has 3 rings (SSSR count). The minimum atomic E-state index is -5.08. The van der Waals surface area contributed by atoms with E-state index in [9.17, 15) is 26.4 Å². The van der Waals surface area contributed by atoms with E-state index in [1.54, 1.807) is 0 Å². The van der Waals surface area contributed by atoms with Crippen LogP contribution in [0.1, 0.15) is 36.0 Å². The maximum atomic E-state index is 13.0. The molecule has 0 aliphatic carbocycles. The van der Waals surface area contributed by atoms with E-state index in [1.165, 1.54) is 17.6 Å². The molecule has 1 atom stereocenters. The van der Waals surface area contributed by atoms with Crippen molar-refractivity contribution in [1.29, 1.82) is 0 Å². The zero-order chi connectivity index (χ0) is 24.2. The first-order chi connectivity index (χ1) is 14.8. The summed E-state index contributed by atoms with van der Waals surface area (Å²) in [5, 5.41) is 10.9. The number of carbonyl (C=O) groups excluding carboxylic acids is 1. The lowest BCUT2D eigenvalue weighted by Crippen LogP contribution is -2.61. The van der Waals surface area contributed by atoms with Gasteiger partial charge in [0, 0.05) is 18.5 Å². The van der Waals surface area contributed by atoms with Crippen molar-refractivity contribution in [2.24, 2.45) is 5.41 Å². The van der Waals surface area contributed by atoms with Crippen molar-refractivity contribution in [3.63, 3.8) is 0 Å². The third-order valence-corrected chi connectivity index (χ3v) is 7.32. The van der Waals surface area contributed by atoms with Gasteiger partial charge in [0.05, 0.1) is 17.9 Å². The fraction of sp³-hybridized carbons (Fsp3) is 0.684. The molecule has 13 heteroatoms. The molecule has 0 aromatic carbocycles. The summed E-state index contributed by atoms with van der Waals surface area (Å²) in [7, 11) is -1.17. The lowest BCUT2D eigenvalue weighted by molar-refractivity contribution is -0.192. The molecule has 2 aliphatic heterocycles. The quantitative estimate of drug-likeness (QED) is 0.658. The van der Waals surface area contributed by atoms with Gasteiger partial charge in [-0.15, -0.1) is 0 Å². The molecule has 0 saturated carbocycles. The van der Waals surface area contributed by atoms with Crippen LogP contribution < -0.4 is 4.72 Å². The smallest absolute Gasteiger partial charge is 0.475 e. The summed E-state index contributed by atoms with van der Waals surface area (Å²) in [6, 6.07) is 1.77. The number of rotatable bonds is 4. The van der Waals surface area contributed by atoms with Crippen LogP contribution in [0.2, 0.25) is 0 Å². The number of nitrogens with one attached hydrogen (secondary N) is 1. The van der Waals surface area contributed by atoms with Gasteiger partial charge in [0.1, 0.15) is 0 Å². The summed E-state index contributed by atoms with van der Waals surface area (Å²) >= 11 is 1.51. The van der Waals surface area contributed by atoms with Crippen molar-refractivity contribution in [2.45, 2.75) is 37.9 Å². The third-order valence-electron chi connectivity index (χ3n) is 5.95. The largest absolute Gasteiger partial charge is 0.490 e. The Labute approximate surface area is 189 Å². The molecule has 2 aliphatic rings. The number of likely N-dealkylation sites (tertiary alicyclic amines) is 2. The predicted molar refractivity (Wildman–Crippen MR) is 114 cm³/mol. The third kappa shape index (κ3) is 7.15. The van der Waals surface area contributed by atoms with E-state index in [0.717, 1.165) is 38.8 Å². The van der Waals surface area contributed by atoms with Crippen LogP contribution in [0, 0.1) is 5.41 Å². The average molecular weight is 500 g/mol. The first kappa shape index (κ1) is 26.6. The Bertz CT molecular complexity index is 883. The van der Waals surface area contributed by atoms with E-state index in [2.05, 4.69) is 16.7 Å². The lowest BCUT2D eigenvalue weighted by atomic mass is 9.66. The summed E-state index contributed by atoms with van der Waals surface area (Å²) in [6.45, 7) is 2.99. The number of alkyl halides is 3. The molecule has 1 aromatic heterocycles. The highest BCUT2D eigenvalue weighted by Gasteiger charge is 2.47. The average Bonchev–Trinajstić information content (AvgIpc) is 3.22.